The molecule has 0 aliphatic heterocycles. The molecule has 2 aromatic rings. The average Bonchev–Trinajstić information content (AvgIpc) is 2.47. The lowest BCUT2D eigenvalue weighted by atomic mass is 10.0. The summed E-state index contributed by atoms with van der Waals surface area (Å²) in [6.07, 6.45) is 2.43. The van der Waals surface area contributed by atoms with Crippen LogP contribution in [0.5, 0.6) is 5.75 Å². The summed E-state index contributed by atoms with van der Waals surface area (Å²) >= 11 is 0. The Morgan fingerprint density at radius 3 is 2.62 bits per heavy atom. The molecule has 0 bridgehead atoms. The molecule has 0 saturated heterocycles. The molecule has 108 valence electrons. The number of Topliss-reactive ketones (excluding diaryl/α,β-unsaturated/α-hetero) is 1. The molecule has 0 fully saturated rings. The first-order valence-electron chi connectivity index (χ1n) is 6.66. The van der Waals surface area contributed by atoms with Crippen molar-refractivity contribution < 1.29 is 19.1 Å². The summed E-state index contributed by atoms with van der Waals surface area (Å²) in [5.74, 6) is -0.136. The number of rotatable bonds is 5. The van der Waals surface area contributed by atoms with Crippen LogP contribution in [0.25, 0.3) is 10.8 Å². The van der Waals surface area contributed by atoms with Crippen LogP contribution >= 0.6 is 0 Å². The molecule has 0 aliphatic carbocycles. The molecule has 0 saturated carbocycles. The normalized spacial score (nSPS) is 10.8. The van der Waals surface area contributed by atoms with Crippen LogP contribution in [-0.2, 0) is 9.53 Å². The smallest absolute Gasteiger partial charge is 0.333 e. The molecule has 0 spiro atoms. The molecule has 2 aromatic carbocycles. The van der Waals surface area contributed by atoms with E-state index in [1.54, 1.807) is 13.0 Å². The highest BCUT2D eigenvalue weighted by atomic mass is 16.5. The van der Waals surface area contributed by atoms with Crippen molar-refractivity contribution in [3.05, 3.63) is 54.3 Å². The Balaban J connectivity index is 2.38. The molecule has 4 nitrogen and oxygen atoms in total. The largest absolute Gasteiger partial charge is 0.463 e. The van der Waals surface area contributed by atoms with Gasteiger partial charge in [0.1, 0.15) is 5.75 Å². The monoisotopic (exact) mass is 284 g/mol. The number of hydrogen-bond donors (Lipinski definition) is 0. The molecule has 21 heavy (non-hydrogen) atoms. The van der Waals surface area contributed by atoms with Crippen LogP contribution in [0.4, 0.5) is 0 Å². The van der Waals surface area contributed by atoms with E-state index in [9.17, 15) is 9.59 Å². The summed E-state index contributed by atoms with van der Waals surface area (Å²) in [7, 11) is 0. The number of fused-ring (bicyclic) bond motifs is 1. The summed E-state index contributed by atoms with van der Waals surface area (Å²) < 4.78 is 10.3. The number of carbonyl (C=O) groups excluding carboxylic acids is 2. The van der Waals surface area contributed by atoms with Crippen LogP contribution in [0.2, 0.25) is 0 Å². The highest BCUT2D eigenvalue weighted by molar-refractivity contribution is 6.03. The highest BCUT2D eigenvalue weighted by Crippen LogP contribution is 2.30. The van der Waals surface area contributed by atoms with Crippen molar-refractivity contribution in [2.24, 2.45) is 0 Å². The molecule has 0 heterocycles. The van der Waals surface area contributed by atoms with Gasteiger partial charge in [0, 0.05) is 5.39 Å². The molecule has 0 radical (unpaired) electrons. The van der Waals surface area contributed by atoms with Crippen LogP contribution in [0, 0.1) is 0 Å². The first-order chi connectivity index (χ1) is 10.1. The van der Waals surface area contributed by atoms with Gasteiger partial charge in [-0.15, -0.1) is 0 Å². The lowest BCUT2D eigenvalue weighted by Crippen LogP contribution is -2.01. The molecular weight excluding hydrogens is 268 g/mol. The van der Waals surface area contributed by atoms with Crippen LogP contribution in [0.3, 0.4) is 0 Å². The Bertz CT molecular complexity index is 701. The van der Waals surface area contributed by atoms with Gasteiger partial charge in [-0.1, -0.05) is 30.3 Å². The van der Waals surface area contributed by atoms with E-state index in [0.29, 0.717) is 17.9 Å². The summed E-state index contributed by atoms with van der Waals surface area (Å²) in [4.78, 5) is 23.0. The number of hydrogen-bond acceptors (Lipinski definition) is 4. The molecule has 0 aromatic heterocycles. The van der Waals surface area contributed by atoms with Gasteiger partial charge < -0.3 is 9.47 Å². The lowest BCUT2D eigenvalue weighted by Gasteiger charge is -2.09. The zero-order valence-electron chi connectivity index (χ0n) is 12.0. The van der Waals surface area contributed by atoms with Gasteiger partial charge in [-0.25, -0.2) is 4.79 Å². The van der Waals surface area contributed by atoms with Crippen LogP contribution in [0.15, 0.2) is 48.7 Å². The maximum absolute atomic E-state index is 11.7. The van der Waals surface area contributed by atoms with Crippen molar-refractivity contribution in [3.8, 4) is 5.75 Å². The Hall–Kier alpha value is -2.62. The molecule has 0 unspecified atom stereocenters. The minimum Gasteiger partial charge on any atom is -0.463 e. The van der Waals surface area contributed by atoms with E-state index in [2.05, 4.69) is 0 Å². The quantitative estimate of drug-likeness (QED) is 0.365. The van der Waals surface area contributed by atoms with Crippen molar-refractivity contribution in [1.82, 2.24) is 0 Å². The second-order valence-corrected chi connectivity index (χ2v) is 4.39. The van der Waals surface area contributed by atoms with Gasteiger partial charge in [0.2, 0.25) is 0 Å². The predicted molar refractivity (Wildman–Crippen MR) is 80.4 cm³/mol. The van der Waals surface area contributed by atoms with Gasteiger partial charge in [-0.05, 0) is 25.3 Å². The third kappa shape index (κ3) is 3.48. The first kappa shape index (κ1) is 14.8. The van der Waals surface area contributed by atoms with Gasteiger partial charge in [-0.2, -0.15) is 0 Å². The number of esters is 1. The minimum absolute atomic E-state index is 0.0970. The standard InChI is InChI=1S/C17H16O4/c1-3-20-16(19)10-11-21-17-14(12(2)18)9-8-13-6-4-5-7-15(13)17/h4-11H,3H2,1-2H3. The maximum atomic E-state index is 11.7. The van der Waals surface area contributed by atoms with E-state index < -0.39 is 5.97 Å². The van der Waals surface area contributed by atoms with Crippen molar-refractivity contribution in [3.63, 3.8) is 0 Å². The van der Waals surface area contributed by atoms with Gasteiger partial charge in [0.25, 0.3) is 0 Å². The lowest BCUT2D eigenvalue weighted by molar-refractivity contribution is -0.137. The van der Waals surface area contributed by atoms with E-state index >= 15 is 0 Å². The second kappa shape index (κ2) is 6.70. The maximum Gasteiger partial charge on any atom is 0.333 e. The van der Waals surface area contributed by atoms with E-state index in [-0.39, 0.29) is 5.78 Å². The minimum atomic E-state index is -0.484. The summed E-state index contributed by atoms with van der Waals surface area (Å²) in [5.41, 5.74) is 0.474. The molecule has 0 atom stereocenters. The topological polar surface area (TPSA) is 52.6 Å². The molecule has 2 rings (SSSR count). The fourth-order valence-corrected chi connectivity index (χ4v) is 2.00. The number of ketones is 1. The third-order valence-corrected chi connectivity index (χ3v) is 2.94. The first-order valence-corrected chi connectivity index (χ1v) is 6.66. The summed E-state index contributed by atoms with van der Waals surface area (Å²) in [6.45, 7) is 3.51. The highest BCUT2D eigenvalue weighted by Gasteiger charge is 2.12. The third-order valence-electron chi connectivity index (χ3n) is 2.94. The number of benzene rings is 2. The molecule has 4 heteroatoms. The Kier molecular flexibility index (Phi) is 4.72. The summed E-state index contributed by atoms with van der Waals surface area (Å²) in [5, 5.41) is 1.78. The van der Waals surface area contributed by atoms with Gasteiger partial charge >= 0.3 is 5.97 Å². The van der Waals surface area contributed by atoms with Gasteiger partial charge in [0.05, 0.1) is 24.5 Å². The zero-order chi connectivity index (χ0) is 15.2. The van der Waals surface area contributed by atoms with Crippen LogP contribution in [0.1, 0.15) is 24.2 Å². The van der Waals surface area contributed by atoms with E-state index in [0.717, 1.165) is 10.8 Å². The molecule has 0 amide bonds. The number of carbonyl (C=O) groups is 2. The molecule has 0 aliphatic rings. The van der Waals surface area contributed by atoms with Gasteiger partial charge in [-0.3, -0.25) is 4.79 Å². The Morgan fingerprint density at radius 2 is 1.90 bits per heavy atom. The Labute approximate surface area is 123 Å². The Morgan fingerprint density at radius 1 is 1.14 bits per heavy atom. The van der Waals surface area contributed by atoms with Crippen molar-refractivity contribution in [2.75, 3.05) is 6.61 Å². The molecule has 0 N–H and O–H groups in total. The fraction of sp³-hybridized carbons (Fsp3) is 0.176. The van der Waals surface area contributed by atoms with E-state index in [4.69, 9.17) is 9.47 Å². The van der Waals surface area contributed by atoms with Crippen molar-refractivity contribution in [2.45, 2.75) is 13.8 Å². The van der Waals surface area contributed by atoms with E-state index in [1.807, 2.05) is 30.3 Å². The SMILES string of the molecule is CCOC(=O)C=COc1c(C(C)=O)ccc2ccccc12. The fourth-order valence-electron chi connectivity index (χ4n) is 2.00. The average molecular weight is 284 g/mol. The van der Waals surface area contributed by atoms with E-state index in [1.165, 1.54) is 19.3 Å². The summed E-state index contributed by atoms with van der Waals surface area (Å²) in [6, 6.07) is 11.2. The van der Waals surface area contributed by atoms with Crippen molar-refractivity contribution >= 4 is 22.5 Å². The predicted octanol–water partition coefficient (Wildman–Crippen LogP) is 3.50. The molecular formula is C17H16O4. The van der Waals surface area contributed by atoms with Crippen LogP contribution < -0.4 is 4.74 Å². The number of ether oxygens (including phenoxy) is 2. The van der Waals surface area contributed by atoms with Crippen molar-refractivity contribution in [1.29, 1.82) is 0 Å². The van der Waals surface area contributed by atoms with Crippen LogP contribution in [-0.4, -0.2) is 18.4 Å². The zero-order valence-corrected chi connectivity index (χ0v) is 12.0. The second-order valence-electron chi connectivity index (χ2n) is 4.39. The van der Waals surface area contributed by atoms with Gasteiger partial charge in [0.15, 0.2) is 5.78 Å².